The summed E-state index contributed by atoms with van der Waals surface area (Å²) in [5.74, 6) is 0. The lowest BCUT2D eigenvalue weighted by atomic mass is 9.70. The first-order valence-electron chi connectivity index (χ1n) is 10.1. The van der Waals surface area contributed by atoms with Crippen molar-refractivity contribution in [2.75, 3.05) is 0 Å². The summed E-state index contributed by atoms with van der Waals surface area (Å²) in [5.41, 5.74) is 7.65. The molecule has 1 aliphatic rings. The fraction of sp³-hybridized carbons (Fsp3) is 0.360. The number of thiophene rings is 1. The van der Waals surface area contributed by atoms with Crippen molar-refractivity contribution in [2.45, 2.75) is 57.8 Å². The molecule has 0 fully saturated rings. The highest BCUT2D eigenvalue weighted by Gasteiger charge is 2.41. The van der Waals surface area contributed by atoms with Crippen LogP contribution in [0.5, 0.6) is 0 Å². The van der Waals surface area contributed by atoms with Gasteiger partial charge in [0.1, 0.15) is 0 Å². The van der Waals surface area contributed by atoms with Gasteiger partial charge in [-0.3, -0.25) is 0 Å². The highest BCUT2D eigenvalue weighted by Crippen LogP contribution is 2.54. The summed E-state index contributed by atoms with van der Waals surface area (Å²) < 4.78 is 0. The maximum Gasteiger partial charge on any atom is 0.0342 e. The summed E-state index contributed by atoms with van der Waals surface area (Å²) in [6.07, 6.45) is 7.64. The first kappa shape index (κ1) is 17.5. The third-order valence-corrected chi connectivity index (χ3v) is 6.91. The Balaban J connectivity index is 1.91. The van der Waals surface area contributed by atoms with Crippen molar-refractivity contribution in [3.8, 4) is 21.6 Å². The Morgan fingerprint density at radius 3 is 2.19 bits per heavy atom. The maximum absolute atomic E-state index is 2.51. The largest absolute Gasteiger partial charge is 0.144 e. The second-order valence-electron chi connectivity index (χ2n) is 7.57. The van der Waals surface area contributed by atoms with Gasteiger partial charge in [-0.1, -0.05) is 82.0 Å². The third-order valence-electron chi connectivity index (χ3n) is 5.99. The van der Waals surface area contributed by atoms with E-state index in [1.54, 1.807) is 11.1 Å². The summed E-state index contributed by atoms with van der Waals surface area (Å²) in [6, 6.07) is 20.8. The Kier molecular flexibility index (Phi) is 5.00. The van der Waals surface area contributed by atoms with Crippen LogP contribution in [0.2, 0.25) is 0 Å². The molecule has 1 aromatic heterocycles. The van der Waals surface area contributed by atoms with E-state index < -0.39 is 0 Å². The summed E-state index contributed by atoms with van der Waals surface area (Å²) in [6.45, 7) is 4.63. The standard InChI is InChI=1S/C25H28S/c1-3-5-15-25(16-6-4-2)22-11-8-7-10-20(22)21-14-13-19(18-23(21)25)24-12-9-17-26-24/h7-14,17-18H,3-6,15-16H2,1-2H3. The van der Waals surface area contributed by atoms with E-state index in [0.717, 1.165) is 0 Å². The van der Waals surface area contributed by atoms with E-state index in [1.807, 2.05) is 11.3 Å². The van der Waals surface area contributed by atoms with E-state index in [4.69, 9.17) is 0 Å². The van der Waals surface area contributed by atoms with Crippen LogP contribution < -0.4 is 0 Å². The molecule has 0 N–H and O–H groups in total. The van der Waals surface area contributed by atoms with Crippen molar-refractivity contribution < 1.29 is 0 Å². The van der Waals surface area contributed by atoms with E-state index in [2.05, 4.69) is 73.8 Å². The monoisotopic (exact) mass is 360 g/mol. The van der Waals surface area contributed by atoms with Gasteiger partial charge in [-0.15, -0.1) is 11.3 Å². The molecule has 0 aliphatic heterocycles. The van der Waals surface area contributed by atoms with E-state index in [9.17, 15) is 0 Å². The van der Waals surface area contributed by atoms with Gasteiger partial charge in [0, 0.05) is 10.3 Å². The Morgan fingerprint density at radius 2 is 1.50 bits per heavy atom. The molecule has 1 heteroatoms. The quantitative estimate of drug-likeness (QED) is 0.399. The van der Waals surface area contributed by atoms with Crippen LogP contribution in [-0.4, -0.2) is 0 Å². The van der Waals surface area contributed by atoms with E-state index in [1.165, 1.54) is 60.1 Å². The van der Waals surface area contributed by atoms with Gasteiger partial charge in [0.2, 0.25) is 0 Å². The molecular weight excluding hydrogens is 332 g/mol. The Labute approximate surface area is 161 Å². The van der Waals surface area contributed by atoms with Gasteiger partial charge in [-0.2, -0.15) is 0 Å². The molecule has 0 spiro atoms. The molecule has 0 unspecified atom stereocenters. The number of fused-ring (bicyclic) bond motifs is 3. The second kappa shape index (κ2) is 7.40. The smallest absolute Gasteiger partial charge is 0.0342 e. The average Bonchev–Trinajstić information content (AvgIpc) is 3.31. The maximum atomic E-state index is 2.51. The number of hydrogen-bond acceptors (Lipinski definition) is 1. The summed E-state index contributed by atoms with van der Waals surface area (Å²) in [4.78, 5) is 1.38. The van der Waals surface area contributed by atoms with E-state index in [-0.39, 0.29) is 5.41 Å². The summed E-state index contributed by atoms with van der Waals surface area (Å²) >= 11 is 1.84. The van der Waals surface area contributed by atoms with Crippen molar-refractivity contribution in [3.05, 3.63) is 71.1 Å². The number of rotatable bonds is 7. The van der Waals surface area contributed by atoms with Gasteiger partial charge in [0.15, 0.2) is 0 Å². The first-order chi connectivity index (χ1) is 12.8. The lowest BCUT2D eigenvalue weighted by molar-refractivity contribution is 0.414. The molecule has 1 aliphatic carbocycles. The van der Waals surface area contributed by atoms with Gasteiger partial charge < -0.3 is 0 Å². The molecule has 2 aromatic carbocycles. The van der Waals surface area contributed by atoms with Crippen LogP contribution in [0.25, 0.3) is 21.6 Å². The van der Waals surface area contributed by atoms with Gasteiger partial charge in [0.25, 0.3) is 0 Å². The average molecular weight is 361 g/mol. The molecule has 0 bridgehead atoms. The third kappa shape index (κ3) is 2.83. The van der Waals surface area contributed by atoms with Crippen LogP contribution in [0.4, 0.5) is 0 Å². The topological polar surface area (TPSA) is 0 Å². The number of hydrogen-bond donors (Lipinski definition) is 0. The predicted molar refractivity (Wildman–Crippen MR) is 115 cm³/mol. The van der Waals surface area contributed by atoms with Crippen molar-refractivity contribution in [1.29, 1.82) is 0 Å². The molecule has 0 saturated heterocycles. The van der Waals surface area contributed by atoms with Crippen molar-refractivity contribution >= 4 is 11.3 Å². The molecule has 3 aromatic rings. The Morgan fingerprint density at radius 1 is 0.769 bits per heavy atom. The van der Waals surface area contributed by atoms with Crippen molar-refractivity contribution in [1.82, 2.24) is 0 Å². The molecule has 4 rings (SSSR count). The normalized spacial score (nSPS) is 14.2. The van der Waals surface area contributed by atoms with E-state index in [0.29, 0.717) is 0 Å². The lowest BCUT2D eigenvalue weighted by Gasteiger charge is -2.33. The fourth-order valence-corrected chi connectivity index (χ4v) is 5.40. The first-order valence-corrected chi connectivity index (χ1v) is 11.0. The number of unbranched alkanes of at least 4 members (excludes halogenated alkanes) is 2. The van der Waals surface area contributed by atoms with Crippen molar-refractivity contribution in [2.24, 2.45) is 0 Å². The molecular formula is C25H28S. The van der Waals surface area contributed by atoms with Gasteiger partial charge >= 0.3 is 0 Å². The minimum atomic E-state index is 0.200. The lowest BCUT2D eigenvalue weighted by Crippen LogP contribution is -2.25. The Hall–Kier alpha value is -1.86. The van der Waals surface area contributed by atoms with Crippen LogP contribution >= 0.6 is 11.3 Å². The van der Waals surface area contributed by atoms with Gasteiger partial charge in [-0.05, 0) is 58.2 Å². The van der Waals surface area contributed by atoms with Crippen molar-refractivity contribution in [3.63, 3.8) is 0 Å². The van der Waals surface area contributed by atoms with E-state index >= 15 is 0 Å². The van der Waals surface area contributed by atoms with Crippen LogP contribution in [0.3, 0.4) is 0 Å². The summed E-state index contributed by atoms with van der Waals surface area (Å²) in [5, 5.41) is 2.18. The van der Waals surface area contributed by atoms with Crippen LogP contribution in [0, 0.1) is 0 Å². The molecule has 0 radical (unpaired) electrons. The molecule has 26 heavy (non-hydrogen) atoms. The fourth-order valence-electron chi connectivity index (χ4n) is 4.67. The highest BCUT2D eigenvalue weighted by molar-refractivity contribution is 7.13. The molecule has 0 amide bonds. The molecule has 0 atom stereocenters. The highest BCUT2D eigenvalue weighted by atomic mass is 32.1. The zero-order valence-electron chi connectivity index (χ0n) is 15.9. The number of benzene rings is 2. The SMILES string of the molecule is CCCCC1(CCCC)c2ccccc2-c2ccc(-c3cccs3)cc21. The molecule has 0 saturated carbocycles. The van der Waals surface area contributed by atoms with Crippen LogP contribution in [0.15, 0.2) is 60.0 Å². The minimum Gasteiger partial charge on any atom is -0.144 e. The minimum absolute atomic E-state index is 0.200. The zero-order valence-corrected chi connectivity index (χ0v) is 16.7. The Bertz CT molecular complexity index is 865. The molecule has 1 heterocycles. The van der Waals surface area contributed by atoms with Crippen LogP contribution in [-0.2, 0) is 5.41 Å². The van der Waals surface area contributed by atoms with Gasteiger partial charge in [0.05, 0.1) is 0 Å². The zero-order chi connectivity index (χ0) is 18.0. The molecule has 0 nitrogen and oxygen atoms in total. The predicted octanol–water partition coefficient (Wildman–Crippen LogP) is 8.06. The summed E-state index contributed by atoms with van der Waals surface area (Å²) in [7, 11) is 0. The van der Waals surface area contributed by atoms with Crippen LogP contribution in [0.1, 0.15) is 63.5 Å². The van der Waals surface area contributed by atoms with Gasteiger partial charge in [-0.25, -0.2) is 0 Å². The second-order valence-corrected chi connectivity index (χ2v) is 8.52. The molecule has 134 valence electrons.